The summed E-state index contributed by atoms with van der Waals surface area (Å²) in [6.45, 7) is 1.83. The fraction of sp³-hybridized carbons (Fsp3) is 0.0714. The number of carbonyl (C=O) groups is 1. The van der Waals surface area contributed by atoms with Crippen molar-refractivity contribution < 1.29 is 9.90 Å². The van der Waals surface area contributed by atoms with Crippen LogP contribution in [0.5, 0.6) is 5.75 Å². The van der Waals surface area contributed by atoms with Gasteiger partial charge >= 0.3 is 6.03 Å². The maximum Gasteiger partial charge on any atom is 0.323 e. The molecule has 0 atom stereocenters. The van der Waals surface area contributed by atoms with Crippen LogP contribution in [-0.2, 0) is 0 Å². The Morgan fingerprint density at radius 2 is 1.89 bits per heavy atom. The molecule has 0 bridgehead atoms. The fourth-order valence-electron chi connectivity index (χ4n) is 1.61. The molecule has 2 amide bonds. The number of aromatic hydroxyl groups is 1. The molecular weight excluding hydrogens is 264 g/mol. The van der Waals surface area contributed by atoms with Crippen molar-refractivity contribution in [3.8, 4) is 5.75 Å². The zero-order valence-electron chi connectivity index (χ0n) is 10.3. The van der Waals surface area contributed by atoms with Crippen molar-refractivity contribution in [1.82, 2.24) is 0 Å². The summed E-state index contributed by atoms with van der Waals surface area (Å²) in [5.41, 5.74) is 1.96. The minimum atomic E-state index is -0.393. The second-order valence-electron chi connectivity index (χ2n) is 4.04. The van der Waals surface area contributed by atoms with E-state index in [4.69, 9.17) is 11.6 Å². The van der Waals surface area contributed by atoms with E-state index in [-0.39, 0.29) is 5.75 Å². The molecule has 2 aromatic rings. The molecule has 0 aliphatic carbocycles. The molecule has 0 saturated heterocycles. The van der Waals surface area contributed by atoms with Gasteiger partial charge in [0.15, 0.2) is 0 Å². The number of phenols is 1. The minimum absolute atomic E-state index is 0.0942. The van der Waals surface area contributed by atoms with Crippen molar-refractivity contribution >= 4 is 29.0 Å². The number of urea groups is 1. The summed E-state index contributed by atoms with van der Waals surface area (Å²) in [4.78, 5) is 11.8. The van der Waals surface area contributed by atoms with Crippen molar-refractivity contribution in [2.24, 2.45) is 0 Å². The third-order valence-corrected chi connectivity index (χ3v) is 3.03. The summed E-state index contributed by atoms with van der Waals surface area (Å²) >= 11 is 5.97. The molecule has 19 heavy (non-hydrogen) atoms. The maximum absolute atomic E-state index is 11.8. The van der Waals surface area contributed by atoms with Crippen molar-refractivity contribution in [2.75, 3.05) is 10.6 Å². The monoisotopic (exact) mass is 276 g/mol. The van der Waals surface area contributed by atoms with Crippen LogP contribution < -0.4 is 10.6 Å². The largest absolute Gasteiger partial charge is 0.508 e. The van der Waals surface area contributed by atoms with Crippen LogP contribution in [0, 0.1) is 6.92 Å². The van der Waals surface area contributed by atoms with E-state index in [1.807, 2.05) is 6.92 Å². The summed E-state index contributed by atoms with van der Waals surface area (Å²) in [5, 5.41) is 15.2. The molecule has 0 aliphatic rings. The fourth-order valence-corrected chi connectivity index (χ4v) is 1.79. The topological polar surface area (TPSA) is 61.4 Å². The predicted octanol–water partition coefficient (Wildman–Crippen LogP) is 4.00. The molecule has 3 N–H and O–H groups in total. The molecule has 2 aromatic carbocycles. The van der Waals surface area contributed by atoms with Crippen LogP contribution in [0.1, 0.15) is 5.56 Å². The molecule has 5 heteroatoms. The summed E-state index contributed by atoms with van der Waals surface area (Å²) in [7, 11) is 0. The Morgan fingerprint density at radius 1 is 1.16 bits per heavy atom. The summed E-state index contributed by atoms with van der Waals surface area (Å²) in [5.74, 6) is 0.0942. The Balaban J connectivity index is 2.08. The SMILES string of the molecule is Cc1c(Cl)cccc1NC(=O)Nc1cccc(O)c1. The third kappa shape index (κ3) is 3.39. The van der Waals surface area contributed by atoms with Crippen LogP contribution in [-0.4, -0.2) is 11.1 Å². The average Bonchev–Trinajstić information content (AvgIpc) is 2.35. The smallest absolute Gasteiger partial charge is 0.323 e. The van der Waals surface area contributed by atoms with Gasteiger partial charge in [0.2, 0.25) is 0 Å². The summed E-state index contributed by atoms with van der Waals surface area (Å²) in [6, 6.07) is 11.2. The molecule has 2 rings (SSSR count). The standard InChI is InChI=1S/C14H13ClN2O2/c1-9-12(15)6-3-7-13(9)17-14(19)16-10-4-2-5-11(18)8-10/h2-8,18H,1H3,(H2,16,17,19). The first-order chi connectivity index (χ1) is 9.06. The molecule has 4 nitrogen and oxygen atoms in total. The number of hydrogen-bond donors (Lipinski definition) is 3. The summed E-state index contributed by atoms with van der Waals surface area (Å²) < 4.78 is 0. The highest BCUT2D eigenvalue weighted by molar-refractivity contribution is 6.31. The number of nitrogens with one attached hydrogen (secondary N) is 2. The van der Waals surface area contributed by atoms with Crippen LogP contribution in [0.15, 0.2) is 42.5 Å². The number of phenolic OH excluding ortho intramolecular Hbond substituents is 1. The molecule has 0 aromatic heterocycles. The number of anilines is 2. The van der Waals surface area contributed by atoms with Gasteiger partial charge in [-0.05, 0) is 36.8 Å². The lowest BCUT2D eigenvalue weighted by atomic mass is 10.2. The van der Waals surface area contributed by atoms with Gasteiger partial charge in [0.05, 0.1) is 0 Å². The highest BCUT2D eigenvalue weighted by Gasteiger charge is 2.06. The van der Waals surface area contributed by atoms with Gasteiger partial charge in [-0.15, -0.1) is 0 Å². The summed E-state index contributed by atoms with van der Waals surface area (Å²) in [6.07, 6.45) is 0. The van der Waals surface area contributed by atoms with Crippen molar-refractivity contribution in [1.29, 1.82) is 0 Å². The van der Waals surface area contributed by atoms with Gasteiger partial charge in [-0.25, -0.2) is 4.79 Å². The molecule has 0 spiro atoms. The van der Waals surface area contributed by atoms with E-state index in [0.717, 1.165) is 5.56 Å². The second-order valence-corrected chi connectivity index (χ2v) is 4.45. The van der Waals surface area contributed by atoms with Crippen LogP contribution in [0.4, 0.5) is 16.2 Å². The van der Waals surface area contributed by atoms with Gasteiger partial charge in [0, 0.05) is 22.5 Å². The van der Waals surface area contributed by atoms with Crippen molar-refractivity contribution in [2.45, 2.75) is 6.92 Å². The van der Waals surface area contributed by atoms with Crippen LogP contribution >= 0.6 is 11.6 Å². The molecule has 0 heterocycles. The number of hydrogen-bond acceptors (Lipinski definition) is 2. The van der Waals surface area contributed by atoms with E-state index in [2.05, 4.69) is 10.6 Å². The lowest BCUT2D eigenvalue weighted by Crippen LogP contribution is -2.19. The maximum atomic E-state index is 11.8. The Bertz CT molecular complexity index is 614. The lowest BCUT2D eigenvalue weighted by molar-refractivity contribution is 0.262. The first-order valence-corrected chi connectivity index (χ1v) is 6.06. The number of carbonyl (C=O) groups excluding carboxylic acids is 1. The Hall–Kier alpha value is -2.20. The molecule has 0 aliphatic heterocycles. The van der Waals surface area contributed by atoms with Crippen molar-refractivity contribution in [3.63, 3.8) is 0 Å². The normalized spacial score (nSPS) is 10.0. The highest BCUT2D eigenvalue weighted by atomic mass is 35.5. The highest BCUT2D eigenvalue weighted by Crippen LogP contribution is 2.23. The minimum Gasteiger partial charge on any atom is -0.508 e. The Morgan fingerprint density at radius 3 is 2.63 bits per heavy atom. The number of rotatable bonds is 2. The van der Waals surface area contributed by atoms with Gasteiger partial charge in [-0.3, -0.25) is 0 Å². The number of benzene rings is 2. The van der Waals surface area contributed by atoms with E-state index in [1.165, 1.54) is 12.1 Å². The van der Waals surface area contributed by atoms with Crippen molar-refractivity contribution in [3.05, 3.63) is 53.1 Å². The van der Waals surface area contributed by atoms with Crippen LogP contribution in [0.25, 0.3) is 0 Å². The van der Waals surface area contributed by atoms with E-state index in [1.54, 1.807) is 30.3 Å². The zero-order valence-corrected chi connectivity index (χ0v) is 11.0. The lowest BCUT2D eigenvalue weighted by Gasteiger charge is -2.10. The van der Waals surface area contributed by atoms with E-state index in [0.29, 0.717) is 16.4 Å². The second kappa shape index (κ2) is 5.63. The molecule has 0 radical (unpaired) electrons. The third-order valence-electron chi connectivity index (χ3n) is 2.62. The van der Waals surface area contributed by atoms with Gasteiger partial charge in [-0.1, -0.05) is 23.7 Å². The zero-order chi connectivity index (χ0) is 13.8. The Labute approximate surface area is 116 Å². The average molecular weight is 277 g/mol. The van der Waals surface area contributed by atoms with Gasteiger partial charge in [0.25, 0.3) is 0 Å². The quantitative estimate of drug-likeness (QED) is 0.776. The number of halogens is 1. The predicted molar refractivity (Wildman–Crippen MR) is 76.9 cm³/mol. The van der Waals surface area contributed by atoms with Gasteiger partial charge < -0.3 is 15.7 Å². The van der Waals surface area contributed by atoms with E-state index < -0.39 is 6.03 Å². The molecule has 0 saturated carbocycles. The van der Waals surface area contributed by atoms with E-state index in [9.17, 15) is 9.90 Å². The molecule has 0 unspecified atom stereocenters. The van der Waals surface area contributed by atoms with Gasteiger partial charge in [0.1, 0.15) is 5.75 Å². The van der Waals surface area contributed by atoms with Crippen LogP contribution in [0.2, 0.25) is 5.02 Å². The van der Waals surface area contributed by atoms with Gasteiger partial charge in [-0.2, -0.15) is 0 Å². The molecule has 0 fully saturated rings. The first-order valence-electron chi connectivity index (χ1n) is 5.68. The Kier molecular flexibility index (Phi) is 3.92. The van der Waals surface area contributed by atoms with Crippen LogP contribution in [0.3, 0.4) is 0 Å². The van der Waals surface area contributed by atoms with E-state index >= 15 is 0 Å². The molecular formula is C14H13ClN2O2. The first kappa shape index (κ1) is 13.2. The molecule has 98 valence electrons. The number of amides is 2.